The molecular weight excluding hydrogens is 632 g/mol. The molecule has 10 heteroatoms. The first-order valence-electron chi connectivity index (χ1n) is 16.4. The fraction of sp³-hybridized carbons (Fsp3) is 0.300. The Balaban J connectivity index is 1.50. The summed E-state index contributed by atoms with van der Waals surface area (Å²) in [5, 5.41) is 5.82. The number of ether oxygens (including phenoxy) is 2. The van der Waals surface area contributed by atoms with E-state index in [1.54, 1.807) is 90.7 Å². The smallest absolute Gasteiger partial charge is 0.249 e. The molecule has 0 spiro atoms. The lowest BCUT2D eigenvalue weighted by Crippen LogP contribution is -2.53. The van der Waals surface area contributed by atoms with Gasteiger partial charge in [-0.25, -0.2) is 0 Å². The van der Waals surface area contributed by atoms with Crippen LogP contribution in [0.4, 0.5) is 11.4 Å². The van der Waals surface area contributed by atoms with Crippen LogP contribution in [0.1, 0.15) is 31.4 Å². The van der Waals surface area contributed by atoms with E-state index in [9.17, 15) is 19.2 Å². The summed E-state index contributed by atoms with van der Waals surface area (Å²) in [7, 11) is 6.44. The van der Waals surface area contributed by atoms with Gasteiger partial charge in [0.05, 0.1) is 19.6 Å². The Labute approximate surface area is 294 Å². The highest BCUT2D eigenvalue weighted by molar-refractivity contribution is 6.01. The molecule has 262 valence electrons. The summed E-state index contributed by atoms with van der Waals surface area (Å²) in [5.74, 6) is -0.254. The Hall–Kier alpha value is -5.64. The summed E-state index contributed by atoms with van der Waals surface area (Å²) in [6.45, 7) is 3.30. The van der Waals surface area contributed by atoms with Crippen LogP contribution in [-0.4, -0.2) is 64.0 Å². The Morgan fingerprint density at radius 1 is 0.600 bits per heavy atom. The molecule has 4 aromatic rings. The number of benzene rings is 4. The maximum Gasteiger partial charge on any atom is 0.249 e. The molecule has 0 fully saturated rings. The van der Waals surface area contributed by atoms with Crippen LogP contribution in [0, 0.1) is 5.41 Å². The van der Waals surface area contributed by atoms with Gasteiger partial charge in [-0.05, 0) is 59.7 Å². The van der Waals surface area contributed by atoms with E-state index in [2.05, 4.69) is 10.6 Å². The third-order valence-electron chi connectivity index (χ3n) is 8.60. The maximum absolute atomic E-state index is 13.8. The number of methoxy groups -OCH3 is 2. The highest BCUT2D eigenvalue weighted by atomic mass is 16.5. The second-order valence-corrected chi connectivity index (χ2v) is 12.8. The topological polar surface area (TPSA) is 117 Å². The van der Waals surface area contributed by atoms with E-state index in [1.165, 1.54) is 9.80 Å². The number of rotatable bonds is 15. The van der Waals surface area contributed by atoms with Gasteiger partial charge < -0.3 is 29.9 Å². The summed E-state index contributed by atoms with van der Waals surface area (Å²) < 4.78 is 10.5. The first kappa shape index (κ1) is 37.2. The van der Waals surface area contributed by atoms with Gasteiger partial charge in [-0.2, -0.15) is 0 Å². The predicted molar refractivity (Wildman–Crippen MR) is 195 cm³/mol. The number of hydrogen-bond donors (Lipinski definition) is 2. The molecule has 0 saturated carbocycles. The average molecular weight is 679 g/mol. The third kappa shape index (κ3) is 9.95. The van der Waals surface area contributed by atoms with Crippen molar-refractivity contribution in [1.29, 1.82) is 0 Å². The van der Waals surface area contributed by atoms with Crippen molar-refractivity contribution in [2.24, 2.45) is 5.41 Å². The van der Waals surface area contributed by atoms with E-state index in [1.807, 2.05) is 60.7 Å². The van der Waals surface area contributed by atoms with Crippen molar-refractivity contribution in [3.8, 4) is 11.5 Å². The van der Waals surface area contributed by atoms with Crippen molar-refractivity contribution in [2.75, 3.05) is 38.1 Å². The SMILES string of the molecule is COc1ccc(N(C)C(=O)C(Cc2ccccc2)NC(=O)CC(C)(C)C(=O)NC(Cc2ccccc2)C(=O)N(C)c2ccc(OC)cc2)cc1. The normalized spacial score (nSPS) is 12.2. The molecule has 0 aromatic heterocycles. The number of anilines is 2. The summed E-state index contributed by atoms with van der Waals surface area (Å²) in [6.07, 6.45) is 0.285. The van der Waals surface area contributed by atoms with Crippen LogP contribution < -0.4 is 29.9 Å². The lowest BCUT2D eigenvalue weighted by atomic mass is 9.87. The summed E-state index contributed by atoms with van der Waals surface area (Å²) in [6, 6.07) is 31.1. The van der Waals surface area contributed by atoms with Gasteiger partial charge in [0.15, 0.2) is 0 Å². The molecule has 0 saturated heterocycles. The Kier molecular flexibility index (Phi) is 12.8. The Morgan fingerprint density at radius 2 is 0.980 bits per heavy atom. The van der Waals surface area contributed by atoms with Crippen LogP contribution in [-0.2, 0) is 32.0 Å². The van der Waals surface area contributed by atoms with E-state index in [0.29, 0.717) is 22.9 Å². The van der Waals surface area contributed by atoms with E-state index < -0.39 is 29.3 Å². The van der Waals surface area contributed by atoms with E-state index in [4.69, 9.17) is 9.47 Å². The van der Waals surface area contributed by atoms with Gasteiger partial charge in [-0.15, -0.1) is 0 Å². The van der Waals surface area contributed by atoms with Crippen LogP contribution in [0.25, 0.3) is 0 Å². The minimum atomic E-state index is -1.22. The molecule has 0 bridgehead atoms. The minimum absolute atomic E-state index is 0.218. The average Bonchev–Trinajstić information content (AvgIpc) is 3.13. The zero-order valence-corrected chi connectivity index (χ0v) is 29.5. The van der Waals surface area contributed by atoms with Crippen molar-refractivity contribution < 1.29 is 28.7 Å². The molecule has 0 aliphatic rings. The highest BCUT2D eigenvalue weighted by Gasteiger charge is 2.36. The van der Waals surface area contributed by atoms with Crippen LogP contribution in [0.5, 0.6) is 11.5 Å². The summed E-state index contributed by atoms with van der Waals surface area (Å²) in [5.41, 5.74) is 1.79. The molecule has 0 aliphatic carbocycles. The Bertz CT molecular complexity index is 1730. The van der Waals surface area contributed by atoms with Gasteiger partial charge in [0.2, 0.25) is 23.6 Å². The van der Waals surface area contributed by atoms with Gasteiger partial charge in [-0.3, -0.25) is 19.2 Å². The second-order valence-electron chi connectivity index (χ2n) is 12.8. The Morgan fingerprint density at radius 3 is 1.36 bits per heavy atom. The minimum Gasteiger partial charge on any atom is -0.497 e. The molecule has 4 rings (SSSR count). The molecule has 10 nitrogen and oxygen atoms in total. The summed E-state index contributed by atoms with van der Waals surface area (Å²) in [4.78, 5) is 58.1. The largest absolute Gasteiger partial charge is 0.497 e. The van der Waals surface area contributed by atoms with Crippen molar-refractivity contribution in [3.05, 3.63) is 120 Å². The quantitative estimate of drug-likeness (QED) is 0.179. The molecule has 4 amide bonds. The molecule has 0 radical (unpaired) electrons. The zero-order valence-electron chi connectivity index (χ0n) is 29.5. The van der Waals surface area contributed by atoms with Gasteiger partial charge >= 0.3 is 0 Å². The van der Waals surface area contributed by atoms with Gasteiger partial charge in [0.25, 0.3) is 0 Å². The third-order valence-corrected chi connectivity index (χ3v) is 8.60. The number of hydrogen-bond acceptors (Lipinski definition) is 6. The van der Waals surface area contributed by atoms with E-state index in [0.717, 1.165) is 11.1 Å². The number of carbonyl (C=O) groups excluding carboxylic acids is 4. The molecule has 0 aliphatic heterocycles. The van der Waals surface area contributed by atoms with Crippen LogP contribution in [0.2, 0.25) is 0 Å². The molecule has 4 aromatic carbocycles. The number of nitrogens with one attached hydrogen (secondary N) is 2. The fourth-order valence-corrected chi connectivity index (χ4v) is 5.51. The molecular formula is C40H46N4O6. The van der Waals surface area contributed by atoms with Gasteiger partial charge in [0.1, 0.15) is 23.6 Å². The van der Waals surface area contributed by atoms with Crippen molar-refractivity contribution >= 4 is 35.0 Å². The highest BCUT2D eigenvalue weighted by Crippen LogP contribution is 2.24. The van der Waals surface area contributed by atoms with Crippen LogP contribution in [0.15, 0.2) is 109 Å². The van der Waals surface area contributed by atoms with Crippen LogP contribution in [0.3, 0.4) is 0 Å². The lowest BCUT2D eigenvalue weighted by molar-refractivity contribution is -0.137. The predicted octanol–water partition coefficient (Wildman–Crippen LogP) is 5.20. The van der Waals surface area contributed by atoms with E-state index >= 15 is 0 Å². The first-order valence-corrected chi connectivity index (χ1v) is 16.4. The zero-order chi connectivity index (χ0) is 36.3. The van der Waals surface area contributed by atoms with Crippen molar-refractivity contribution in [3.63, 3.8) is 0 Å². The maximum atomic E-state index is 13.8. The molecule has 2 atom stereocenters. The second kappa shape index (κ2) is 17.1. The standard InChI is InChI=1S/C40H46N4O6/c1-40(2,39(48)42-35(26-29-15-11-8-12-16-29)38(47)44(4)31-19-23-33(50-6)24-20-31)27-36(45)41-34(25-28-13-9-7-10-14-28)37(46)43(3)30-17-21-32(49-5)22-18-30/h7-24,34-35H,25-27H2,1-6H3,(H,41,45)(H,42,48). The monoisotopic (exact) mass is 678 g/mol. The fourth-order valence-electron chi connectivity index (χ4n) is 5.51. The molecule has 50 heavy (non-hydrogen) atoms. The van der Waals surface area contributed by atoms with Crippen molar-refractivity contribution in [1.82, 2.24) is 10.6 Å². The van der Waals surface area contributed by atoms with Crippen LogP contribution >= 0.6 is 0 Å². The summed E-state index contributed by atoms with van der Waals surface area (Å²) >= 11 is 0. The molecule has 0 heterocycles. The number of carbonyl (C=O) groups is 4. The first-order chi connectivity index (χ1) is 23.9. The van der Waals surface area contributed by atoms with Gasteiger partial charge in [0, 0.05) is 44.7 Å². The van der Waals surface area contributed by atoms with Gasteiger partial charge in [-0.1, -0.05) is 74.5 Å². The number of amides is 4. The number of likely N-dealkylation sites (N-methyl/N-ethyl adjacent to an activating group) is 2. The number of nitrogens with zero attached hydrogens (tertiary/aromatic N) is 2. The van der Waals surface area contributed by atoms with Crippen molar-refractivity contribution in [2.45, 2.75) is 45.2 Å². The molecule has 2 N–H and O–H groups in total. The van der Waals surface area contributed by atoms with E-state index in [-0.39, 0.29) is 31.1 Å². The lowest BCUT2D eigenvalue weighted by Gasteiger charge is -2.30. The molecule has 2 unspecified atom stereocenters.